The van der Waals surface area contributed by atoms with Gasteiger partial charge >= 0.3 is 0 Å². The monoisotopic (exact) mass is 437 g/mol. The van der Waals surface area contributed by atoms with Crippen LogP contribution in [0.2, 0.25) is 0 Å². The topological polar surface area (TPSA) is 100 Å². The van der Waals surface area contributed by atoms with Crippen LogP contribution >= 0.6 is 15.9 Å². The molecule has 142 valence electrons. The van der Waals surface area contributed by atoms with Crippen LogP contribution in [-0.2, 0) is 9.59 Å². The number of hydrogen-bond donors (Lipinski definition) is 3. The highest BCUT2D eigenvalue weighted by Crippen LogP contribution is 2.34. The van der Waals surface area contributed by atoms with Crippen molar-refractivity contribution in [2.45, 2.75) is 12.8 Å². The Balaban J connectivity index is 1.82. The zero-order chi connectivity index (χ0) is 19.8. The molecule has 0 saturated heterocycles. The molecule has 2 aromatic carbocycles. The molecule has 0 radical (unpaired) electrons. The zero-order valence-electron chi connectivity index (χ0n) is 14.3. The number of para-hydroxylation sites is 1. The number of benzene rings is 2. The fraction of sp³-hybridized carbons (Fsp3) is 0.167. The van der Waals surface area contributed by atoms with Gasteiger partial charge in [-0.2, -0.15) is 5.10 Å². The maximum absolute atomic E-state index is 13.4. The molecular formula is C18H17BrFN3O4. The number of anilines is 1. The van der Waals surface area contributed by atoms with Crippen molar-refractivity contribution in [3.05, 3.63) is 52.3 Å². The molecule has 0 heterocycles. The van der Waals surface area contributed by atoms with Crippen molar-refractivity contribution in [3.8, 4) is 11.5 Å². The van der Waals surface area contributed by atoms with Crippen molar-refractivity contribution in [1.29, 1.82) is 0 Å². The number of amides is 2. The Morgan fingerprint density at radius 2 is 1.96 bits per heavy atom. The van der Waals surface area contributed by atoms with E-state index < -0.39 is 17.6 Å². The third-order valence-electron chi connectivity index (χ3n) is 3.40. The van der Waals surface area contributed by atoms with Crippen molar-refractivity contribution in [2.75, 3.05) is 12.4 Å². The third-order valence-corrected chi connectivity index (χ3v) is 4.01. The Morgan fingerprint density at radius 1 is 1.26 bits per heavy atom. The first-order chi connectivity index (χ1) is 12.9. The van der Waals surface area contributed by atoms with Gasteiger partial charge in [0.25, 0.3) is 0 Å². The number of carbonyl (C=O) groups excluding carboxylic acids is 2. The number of halogens is 2. The summed E-state index contributed by atoms with van der Waals surface area (Å²) in [6.45, 7) is 0. The normalized spacial score (nSPS) is 10.6. The molecule has 0 bridgehead atoms. The Hall–Kier alpha value is -2.94. The number of ether oxygens (including phenoxy) is 1. The average Bonchev–Trinajstić information content (AvgIpc) is 2.64. The van der Waals surface area contributed by atoms with E-state index >= 15 is 0 Å². The predicted octanol–water partition coefficient (Wildman–Crippen LogP) is 3.17. The summed E-state index contributed by atoms with van der Waals surface area (Å²) < 4.78 is 18.9. The van der Waals surface area contributed by atoms with Gasteiger partial charge in [0, 0.05) is 12.8 Å². The molecule has 27 heavy (non-hydrogen) atoms. The number of phenolic OH excluding ortho intramolecular Hbond substituents is 1. The van der Waals surface area contributed by atoms with Crippen molar-refractivity contribution in [2.24, 2.45) is 5.10 Å². The lowest BCUT2D eigenvalue weighted by Crippen LogP contribution is -2.21. The third kappa shape index (κ3) is 6.07. The van der Waals surface area contributed by atoms with Gasteiger partial charge in [0.15, 0.2) is 11.5 Å². The summed E-state index contributed by atoms with van der Waals surface area (Å²) in [6, 6.07) is 8.90. The predicted molar refractivity (Wildman–Crippen MR) is 102 cm³/mol. The minimum Gasteiger partial charge on any atom is -0.503 e. The van der Waals surface area contributed by atoms with Gasteiger partial charge in [-0.05, 0) is 45.8 Å². The number of phenols is 1. The van der Waals surface area contributed by atoms with E-state index in [1.807, 2.05) is 0 Å². The number of hydrogen-bond acceptors (Lipinski definition) is 5. The van der Waals surface area contributed by atoms with Gasteiger partial charge in [0.2, 0.25) is 11.8 Å². The second kappa shape index (κ2) is 9.67. The van der Waals surface area contributed by atoms with Gasteiger partial charge in [-0.15, -0.1) is 0 Å². The quantitative estimate of drug-likeness (QED) is 0.457. The van der Waals surface area contributed by atoms with Crippen LogP contribution in [0.4, 0.5) is 10.1 Å². The smallest absolute Gasteiger partial charge is 0.240 e. The van der Waals surface area contributed by atoms with Crippen LogP contribution < -0.4 is 15.5 Å². The lowest BCUT2D eigenvalue weighted by molar-refractivity contribution is -0.124. The number of aromatic hydroxyl groups is 1. The first-order valence-corrected chi connectivity index (χ1v) is 8.62. The highest BCUT2D eigenvalue weighted by molar-refractivity contribution is 9.10. The second-order valence-electron chi connectivity index (χ2n) is 5.37. The first-order valence-electron chi connectivity index (χ1n) is 7.83. The standard InChI is InChI=1S/C18H17BrFN3O4/c1-27-15-9-11(8-12(19)18(15)26)10-21-23-17(25)7-6-16(24)22-14-5-3-2-4-13(14)20/h2-5,8-10,26H,6-7H2,1H3,(H,22,24)(H,23,25)/b21-10+. The fourth-order valence-electron chi connectivity index (χ4n) is 2.06. The molecule has 9 heteroatoms. The fourth-order valence-corrected chi connectivity index (χ4v) is 2.52. The number of nitrogens with one attached hydrogen (secondary N) is 2. The number of nitrogens with zero attached hydrogens (tertiary/aromatic N) is 1. The van der Waals surface area contributed by atoms with E-state index in [9.17, 15) is 19.1 Å². The average molecular weight is 438 g/mol. The van der Waals surface area contributed by atoms with Crippen LogP contribution in [0.1, 0.15) is 18.4 Å². The molecule has 7 nitrogen and oxygen atoms in total. The summed E-state index contributed by atoms with van der Waals surface area (Å²) in [5, 5.41) is 15.9. The van der Waals surface area contributed by atoms with Crippen LogP contribution in [0.3, 0.4) is 0 Å². The Kier molecular flexibility index (Phi) is 7.30. The maximum Gasteiger partial charge on any atom is 0.240 e. The molecule has 0 aliphatic carbocycles. The van der Waals surface area contributed by atoms with Gasteiger partial charge in [0.05, 0.1) is 23.5 Å². The van der Waals surface area contributed by atoms with Crippen LogP contribution in [0, 0.1) is 5.82 Å². The van der Waals surface area contributed by atoms with Crippen LogP contribution in [0.25, 0.3) is 0 Å². The second-order valence-corrected chi connectivity index (χ2v) is 6.23. The molecule has 0 aliphatic rings. The molecular weight excluding hydrogens is 421 g/mol. The lowest BCUT2D eigenvalue weighted by Gasteiger charge is -2.06. The Bertz CT molecular complexity index is 874. The number of hydrazone groups is 1. The summed E-state index contributed by atoms with van der Waals surface area (Å²) >= 11 is 3.18. The molecule has 2 rings (SSSR count). The van der Waals surface area contributed by atoms with Crippen molar-refractivity contribution < 1.29 is 23.8 Å². The number of rotatable bonds is 7. The van der Waals surface area contributed by atoms with Crippen molar-refractivity contribution in [1.82, 2.24) is 5.43 Å². The van der Waals surface area contributed by atoms with E-state index in [0.29, 0.717) is 10.0 Å². The van der Waals surface area contributed by atoms with Crippen molar-refractivity contribution >= 4 is 39.6 Å². The van der Waals surface area contributed by atoms with E-state index in [4.69, 9.17) is 4.74 Å². The van der Waals surface area contributed by atoms with E-state index in [-0.39, 0.29) is 30.0 Å². The number of methoxy groups -OCH3 is 1. The highest BCUT2D eigenvalue weighted by atomic mass is 79.9. The van der Waals surface area contributed by atoms with E-state index in [1.165, 1.54) is 37.6 Å². The maximum atomic E-state index is 13.4. The molecule has 0 aliphatic heterocycles. The van der Waals surface area contributed by atoms with Gasteiger partial charge < -0.3 is 15.2 Å². The SMILES string of the molecule is COc1cc(/C=N/NC(=O)CCC(=O)Nc2ccccc2F)cc(Br)c1O. The molecule has 2 aromatic rings. The molecule has 0 fully saturated rings. The summed E-state index contributed by atoms with van der Waals surface area (Å²) in [5.74, 6) is -1.29. The molecule has 3 N–H and O–H groups in total. The molecule has 0 spiro atoms. The van der Waals surface area contributed by atoms with Gasteiger partial charge in [0.1, 0.15) is 5.82 Å². The van der Waals surface area contributed by atoms with E-state index in [0.717, 1.165) is 0 Å². The lowest BCUT2D eigenvalue weighted by atomic mass is 10.2. The van der Waals surface area contributed by atoms with Crippen LogP contribution in [0.15, 0.2) is 46.0 Å². The minimum atomic E-state index is -0.546. The summed E-state index contributed by atoms with van der Waals surface area (Å²) in [4.78, 5) is 23.5. The molecule has 0 unspecified atom stereocenters. The van der Waals surface area contributed by atoms with E-state index in [2.05, 4.69) is 31.8 Å². The van der Waals surface area contributed by atoms with E-state index in [1.54, 1.807) is 12.1 Å². The van der Waals surface area contributed by atoms with Crippen LogP contribution in [-0.4, -0.2) is 30.2 Å². The summed E-state index contributed by atoms with van der Waals surface area (Å²) in [7, 11) is 1.41. The Morgan fingerprint density at radius 3 is 2.67 bits per heavy atom. The zero-order valence-corrected chi connectivity index (χ0v) is 15.9. The van der Waals surface area contributed by atoms with Gasteiger partial charge in [-0.1, -0.05) is 12.1 Å². The highest BCUT2D eigenvalue weighted by Gasteiger charge is 2.10. The molecule has 0 aromatic heterocycles. The molecule has 0 saturated carbocycles. The van der Waals surface area contributed by atoms with Gasteiger partial charge in [-0.3, -0.25) is 9.59 Å². The Labute approximate surface area is 163 Å². The molecule has 2 amide bonds. The summed E-state index contributed by atoms with van der Waals surface area (Å²) in [6.07, 6.45) is 1.14. The minimum absolute atomic E-state index is 0.0421. The summed E-state index contributed by atoms with van der Waals surface area (Å²) in [5.41, 5.74) is 2.93. The molecule has 0 atom stereocenters. The largest absolute Gasteiger partial charge is 0.503 e. The number of carbonyl (C=O) groups is 2. The first kappa shape index (κ1) is 20.4. The van der Waals surface area contributed by atoms with Crippen molar-refractivity contribution in [3.63, 3.8) is 0 Å². The van der Waals surface area contributed by atoms with Gasteiger partial charge in [-0.25, -0.2) is 9.82 Å². The van der Waals surface area contributed by atoms with Crippen LogP contribution in [0.5, 0.6) is 11.5 Å².